The molecule has 1 unspecified atom stereocenters. The summed E-state index contributed by atoms with van der Waals surface area (Å²) >= 11 is 14.4. The lowest BCUT2D eigenvalue weighted by molar-refractivity contribution is 0.213. The van der Waals surface area contributed by atoms with Gasteiger partial charge in [-0.1, -0.05) is 23.2 Å². The summed E-state index contributed by atoms with van der Waals surface area (Å²) in [5.74, 6) is 0.879. The number of rotatable bonds is 4. The van der Waals surface area contributed by atoms with E-state index in [9.17, 15) is 5.11 Å². The van der Waals surface area contributed by atoms with Gasteiger partial charge < -0.3 is 14.6 Å². The van der Waals surface area contributed by atoms with E-state index in [0.717, 1.165) is 3.57 Å². The van der Waals surface area contributed by atoms with Crippen molar-refractivity contribution in [2.24, 2.45) is 0 Å². The van der Waals surface area contributed by atoms with Crippen LogP contribution < -0.4 is 9.47 Å². The molecule has 0 aliphatic rings. The average molecular weight is 439 g/mol. The topological polar surface area (TPSA) is 38.7 Å². The predicted molar refractivity (Wildman–Crippen MR) is 92.8 cm³/mol. The van der Waals surface area contributed by atoms with Gasteiger partial charge >= 0.3 is 0 Å². The smallest absolute Gasteiger partial charge is 0.147 e. The van der Waals surface area contributed by atoms with Crippen LogP contribution in [0.15, 0.2) is 30.3 Å². The van der Waals surface area contributed by atoms with Gasteiger partial charge in [0.15, 0.2) is 0 Å². The molecule has 1 atom stereocenters. The fourth-order valence-corrected chi connectivity index (χ4v) is 3.16. The summed E-state index contributed by atoms with van der Waals surface area (Å²) < 4.78 is 11.4. The molecule has 0 heterocycles. The lowest BCUT2D eigenvalue weighted by atomic mass is 10.0. The number of aliphatic hydroxyl groups is 1. The minimum absolute atomic E-state index is 0.327. The molecule has 0 radical (unpaired) electrons. The third kappa shape index (κ3) is 3.39. The highest BCUT2D eigenvalue weighted by atomic mass is 127. The van der Waals surface area contributed by atoms with Gasteiger partial charge in [0.2, 0.25) is 0 Å². The van der Waals surface area contributed by atoms with E-state index in [-0.39, 0.29) is 0 Å². The van der Waals surface area contributed by atoms with E-state index < -0.39 is 6.10 Å². The molecule has 0 spiro atoms. The number of hydrogen-bond acceptors (Lipinski definition) is 3. The Balaban J connectivity index is 2.55. The Labute approximate surface area is 146 Å². The maximum atomic E-state index is 10.7. The number of halogens is 3. The van der Waals surface area contributed by atoms with Crippen LogP contribution >= 0.6 is 45.8 Å². The number of benzene rings is 2. The quantitative estimate of drug-likeness (QED) is 0.703. The maximum absolute atomic E-state index is 10.7. The minimum atomic E-state index is -0.894. The second kappa shape index (κ2) is 7.05. The molecule has 21 heavy (non-hydrogen) atoms. The van der Waals surface area contributed by atoms with Crippen LogP contribution in [-0.4, -0.2) is 19.3 Å². The molecule has 2 rings (SSSR count). The summed E-state index contributed by atoms with van der Waals surface area (Å²) in [7, 11) is 3.02. The van der Waals surface area contributed by atoms with Crippen molar-refractivity contribution < 1.29 is 14.6 Å². The summed E-state index contributed by atoms with van der Waals surface area (Å²) in [5.41, 5.74) is 1.26. The van der Waals surface area contributed by atoms with Crippen molar-refractivity contribution in [2.45, 2.75) is 6.10 Å². The lowest BCUT2D eigenvalue weighted by Crippen LogP contribution is -2.05. The van der Waals surface area contributed by atoms with Crippen molar-refractivity contribution in [3.05, 3.63) is 55.1 Å². The van der Waals surface area contributed by atoms with Crippen LogP contribution in [0.5, 0.6) is 11.5 Å². The lowest BCUT2D eigenvalue weighted by Gasteiger charge is -2.19. The molecule has 2 aromatic carbocycles. The standard InChI is InChI=1S/C15H13Cl2IO3/c1-20-12-6-4-9(15(21-2)13(12)17)14(19)10-7-8(16)3-5-11(10)18/h3-7,14,19H,1-2H3. The molecule has 3 nitrogen and oxygen atoms in total. The maximum Gasteiger partial charge on any atom is 0.147 e. The molecule has 0 aliphatic heterocycles. The minimum Gasteiger partial charge on any atom is -0.495 e. The van der Waals surface area contributed by atoms with Crippen LogP contribution in [-0.2, 0) is 0 Å². The first-order valence-electron chi connectivity index (χ1n) is 6.03. The van der Waals surface area contributed by atoms with Crippen molar-refractivity contribution in [1.82, 2.24) is 0 Å². The van der Waals surface area contributed by atoms with Gasteiger partial charge in [-0.15, -0.1) is 0 Å². The normalized spacial score (nSPS) is 12.1. The van der Waals surface area contributed by atoms with Crippen LogP contribution in [0, 0.1) is 3.57 Å². The largest absolute Gasteiger partial charge is 0.495 e. The fraction of sp³-hybridized carbons (Fsp3) is 0.200. The van der Waals surface area contributed by atoms with E-state index in [1.54, 1.807) is 24.3 Å². The van der Waals surface area contributed by atoms with Gasteiger partial charge in [-0.05, 0) is 58.5 Å². The first kappa shape index (κ1) is 16.7. The van der Waals surface area contributed by atoms with Crippen molar-refractivity contribution in [2.75, 3.05) is 14.2 Å². The Bertz CT molecular complexity index is 662. The van der Waals surface area contributed by atoms with Crippen molar-refractivity contribution in [3.63, 3.8) is 0 Å². The van der Waals surface area contributed by atoms with Crippen molar-refractivity contribution in [3.8, 4) is 11.5 Å². The van der Waals surface area contributed by atoms with Crippen molar-refractivity contribution in [1.29, 1.82) is 0 Å². The van der Waals surface area contributed by atoms with Gasteiger partial charge in [-0.25, -0.2) is 0 Å². The number of ether oxygens (including phenoxy) is 2. The molecule has 6 heteroatoms. The summed E-state index contributed by atoms with van der Waals surface area (Å²) in [6.07, 6.45) is -0.894. The Hall–Kier alpha value is -0.690. The van der Waals surface area contributed by atoms with Gasteiger partial charge in [0.25, 0.3) is 0 Å². The number of hydrogen-bond donors (Lipinski definition) is 1. The Morgan fingerprint density at radius 2 is 1.76 bits per heavy atom. The average Bonchev–Trinajstić information content (AvgIpc) is 2.48. The monoisotopic (exact) mass is 438 g/mol. The molecule has 1 N–H and O–H groups in total. The van der Waals surface area contributed by atoms with E-state index in [4.69, 9.17) is 32.7 Å². The van der Waals surface area contributed by atoms with E-state index in [1.165, 1.54) is 14.2 Å². The first-order chi connectivity index (χ1) is 9.99. The van der Waals surface area contributed by atoms with Crippen LogP contribution in [0.25, 0.3) is 0 Å². The molecular formula is C15H13Cl2IO3. The predicted octanol–water partition coefficient (Wildman–Crippen LogP) is 4.70. The van der Waals surface area contributed by atoms with Crippen LogP contribution in [0.1, 0.15) is 17.2 Å². The van der Waals surface area contributed by atoms with E-state index in [2.05, 4.69) is 22.6 Å². The molecule has 0 fully saturated rings. The molecular weight excluding hydrogens is 426 g/mol. The molecule has 0 saturated heterocycles. The van der Waals surface area contributed by atoms with Crippen LogP contribution in [0.2, 0.25) is 10.0 Å². The summed E-state index contributed by atoms with van der Waals surface area (Å²) in [4.78, 5) is 0. The molecule has 0 aliphatic carbocycles. The summed E-state index contributed by atoms with van der Waals surface area (Å²) in [5, 5.41) is 11.5. The van der Waals surface area contributed by atoms with E-state index in [1.807, 2.05) is 6.07 Å². The van der Waals surface area contributed by atoms with Crippen LogP contribution in [0.3, 0.4) is 0 Å². The third-order valence-electron chi connectivity index (χ3n) is 3.06. The van der Waals surface area contributed by atoms with Gasteiger partial charge in [0.05, 0.1) is 14.2 Å². The van der Waals surface area contributed by atoms with E-state index >= 15 is 0 Å². The Morgan fingerprint density at radius 1 is 1.05 bits per heavy atom. The van der Waals surface area contributed by atoms with E-state index in [0.29, 0.717) is 32.7 Å². The second-order valence-electron chi connectivity index (χ2n) is 4.27. The van der Waals surface area contributed by atoms with Gasteiger partial charge in [-0.2, -0.15) is 0 Å². The molecule has 0 bridgehead atoms. The van der Waals surface area contributed by atoms with Crippen molar-refractivity contribution >= 4 is 45.8 Å². The Morgan fingerprint density at radius 3 is 2.38 bits per heavy atom. The zero-order valence-corrected chi connectivity index (χ0v) is 15.0. The van der Waals surface area contributed by atoms with Gasteiger partial charge in [0.1, 0.15) is 22.6 Å². The number of methoxy groups -OCH3 is 2. The molecule has 112 valence electrons. The van der Waals surface area contributed by atoms with Gasteiger partial charge in [0, 0.05) is 14.2 Å². The molecule has 2 aromatic rings. The highest BCUT2D eigenvalue weighted by Gasteiger charge is 2.22. The van der Waals surface area contributed by atoms with Crippen LogP contribution in [0.4, 0.5) is 0 Å². The third-order valence-corrected chi connectivity index (χ3v) is 4.64. The number of aliphatic hydroxyl groups excluding tert-OH is 1. The molecule has 0 amide bonds. The van der Waals surface area contributed by atoms with Gasteiger partial charge in [-0.3, -0.25) is 0 Å². The Kier molecular flexibility index (Phi) is 5.60. The first-order valence-corrected chi connectivity index (χ1v) is 7.86. The molecule has 0 aromatic heterocycles. The molecule has 0 saturated carbocycles. The summed E-state index contributed by atoms with van der Waals surface area (Å²) in [6, 6.07) is 8.77. The summed E-state index contributed by atoms with van der Waals surface area (Å²) in [6.45, 7) is 0. The highest BCUT2D eigenvalue weighted by Crippen LogP contribution is 2.41. The highest BCUT2D eigenvalue weighted by molar-refractivity contribution is 14.1. The SMILES string of the molecule is COc1ccc(C(O)c2cc(Cl)ccc2I)c(OC)c1Cl. The zero-order valence-electron chi connectivity index (χ0n) is 11.4. The fourth-order valence-electron chi connectivity index (χ4n) is 2.03. The second-order valence-corrected chi connectivity index (χ2v) is 6.25. The zero-order chi connectivity index (χ0) is 15.6.